The Kier molecular flexibility index (Phi) is 4.69. The summed E-state index contributed by atoms with van der Waals surface area (Å²) < 4.78 is 4.57. The van der Waals surface area contributed by atoms with E-state index in [1.807, 2.05) is 0 Å². The number of isocyanates is 1. The van der Waals surface area contributed by atoms with E-state index in [-0.39, 0.29) is 12.3 Å². The number of carbonyl (C=O) groups excluding carboxylic acids is 2. The van der Waals surface area contributed by atoms with Crippen molar-refractivity contribution in [3.05, 3.63) is 11.8 Å². The molecule has 0 unspecified atom stereocenters. The lowest BCUT2D eigenvalue weighted by Crippen LogP contribution is -2.05. The SMILES string of the molecule is CC=C(N=C=O)C(=O)OCC. The molecule has 0 aromatic carbocycles. The first-order chi connectivity index (χ1) is 5.26. The van der Waals surface area contributed by atoms with E-state index < -0.39 is 5.97 Å². The van der Waals surface area contributed by atoms with Gasteiger partial charge in [-0.05, 0) is 13.8 Å². The van der Waals surface area contributed by atoms with Crippen LogP contribution >= 0.6 is 0 Å². The number of ether oxygens (including phenoxy) is 1. The summed E-state index contributed by atoms with van der Waals surface area (Å²) in [7, 11) is 0. The number of esters is 1. The smallest absolute Gasteiger partial charge is 0.357 e. The molecule has 0 bridgehead atoms. The maximum atomic E-state index is 10.8. The van der Waals surface area contributed by atoms with E-state index in [0.717, 1.165) is 0 Å². The summed E-state index contributed by atoms with van der Waals surface area (Å²) in [5, 5.41) is 0. The van der Waals surface area contributed by atoms with Crippen LogP contribution in [0.5, 0.6) is 0 Å². The van der Waals surface area contributed by atoms with Gasteiger partial charge in [-0.1, -0.05) is 6.08 Å². The van der Waals surface area contributed by atoms with Gasteiger partial charge in [-0.3, -0.25) is 0 Å². The first-order valence-electron chi connectivity index (χ1n) is 3.17. The van der Waals surface area contributed by atoms with Gasteiger partial charge in [-0.25, -0.2) is 9.59 Å². The van der Waals surface area contributed by atoms with Crippen LogP contribution in [0.2, 0.25) is 0 Å². The number of rotatable bonds is 3. The van der Waals surface area contributed by atoms with Crippen molar-refractivity contribution in [1.29, 1.82) is 0 Å². The van der Waals surface area contributed by atoms with Crippen LogP contribution in [-0.2, 0) is 14.3 Å². The summed E-state index contributed by atoms with van der Waals surface area (Å²) >= 11 is 0. The lowest BCUT2D eigenvalue weighted by molar-refractivity contribution is -0.138. The summed E-state index contributed by atoms with van der Waals surface area (Å²) in [6.07, 6.45) is 2.66. The minimum atomic E-state index is -0.599. The van der Waals surface area contributed by atoms with Crippen molar-refractivity contribution < 1.29 is 14.3 Å². The normalized spacial score (nSPS) is 10.2. The van der Waals surface area contributed by atoms with Crippen molar-refractivity contribution in [1.82, 2.24) is 0 Å². The second-order valence-corrected chi connectivity index (χ2v) is 1.60. The molecular formula is C7H9NO3. The fourth-order valence-electron chi connectivity index (χ4n) is 0.482. The maximum absolute atomic E-state index is 10.8. The molecule has 0 amide bonds. The quantitative estimate of drug-likeness (QED) is 0.262. The van der Waals surface area contributed by atoms with Crippen molar-refractivity contribution in [3.63, 3.8) is 0 Å². The number of nitrogens with zero attached hydrogens (tertiary/aromatic N) is 1. The molecule has 0 aliphatic carbocycles. The van der Waals surface area contributed by atoms with Gasteiger partial charge in [0.2, 0.25) is 6.08 Å². The highest BCUT2D eigenvalue weighted by Crippen LogP contribution is 1.97. The van der Waals surface area contributed by atoms with Crippen molar-refractivity contribution >= 4 is 12.0 Å². The second-order valence-electron chi connectivity index (χ2n) is 1.60. The van der Waals surface area contributed by atoms with Crippen LogP contribution in [-0.4, -0.2) is 18.7 Å². The zero-order valence-electron chi connectivity index (χ0n) is 6.46. The fraction of sp³-hybridized carbons (Fsp3) is 0.429. The topological polar surface area (TPSA) is 55.7 Å². The van der Waals surface area contributed by atoms with E-state index in [1.54, 1.807) is 13.8 Å². The molecule has 0 atom stereocenters. The minimum absolute atomic E-state index is 0.0122. The van der Waals surface area contributed by atoms with Crippen LogP contribution in [0.25, 0.3) is 0 Å². The fourth-order valence-corrected chi connectivity index (χ4v) is 0.482. The maximum Gasteiger partial charge on any atom is 0.357 e. The largest absolute Gasteiger partial charge is 0.461 e. The predicted octanol–water partition coefficient (Wildman–Crippen LogP) is 0.789. The molecule has 0 heterocycles. The second kappa shape index (κ2) is 5.38. The van der Waals surface area contributed by atoms with Gasteiger partial charge in [-0.15, -0.1) is 0 Å². The van der Waals surface area contributed by atoms with E-state index in [2.05, 4.69) is 9.73 Å². The van der Waals surface area contributed by atoms with Gasteiger partial charge in [-0.2, -0.15) is 4.99 Å². The molecule has 0 aromatic rings. The molecule has 0 N–H and O–H groups in total. The van der Waals surface area contributed by atoms with Crippen LogP contribution in [0.3, 0.4) is 0 Å². The predicted molar refractivity (Wildman–Crippen MR) is 38.5 cm³/mol. The van der Waals surface area contributed by atoms with E-state index in [0.29, 0.717) is 0 Å². The highest BCUT2D eigenvalue weighted by Gasteiger charge is 2.06. The first-order valence-corrected chi connectivity index (χ1v) is 3.17. The highest BCUT2D eigenvalue weighted by molar-refractivity contribution is 5.88. The molecule has 0 fully saturated rings. The van der Waals surface area contributed by atoms with Crippen molar-refractivity contribution in [3.8, 4) is 0 Å². The van der Waals surface area contributed by atoms with Gasteiger partial charge in [0, 0.05) is 0 Å². The molecule has 11 heavy (non-hydrogen) atoms. The summed E-state index contributed by atoms with van der Waals surface area (Å²) in [4.78, 5) is 23.7. The Morgan fingerprint density at radius 3 is 2.73 bits per heavy atom. The van der Waals surface area contributed by atoms with Crippen LogP contribution in [0, 0.1) is 0 Å². The monoisotopic (exact) mass is 155 g/mol. The molecule has 60 valence electrons. The molecular weight excluding hydrogens is 146 g/mol. The van der Waals surface area contributed by atoms with Gasteiger partial charge in [0.15, 0.2) is 5.70 Å². The number of aliphatic imine (C=N–C) groups is 1. The van der Waals surface area contributed by atoms with Crippen LogP contribution in [0.15, 0.2) is 16.8 Å². The van der Waals surface area contributed by atoms with Gasteiger partial charge < -0.3 is 4.74 Å². The zero-order chi connectivity index (χ0) is 8.69. The molecule has 0 radical (unpaired) electrons. The Hall–Kier alpha value is -1.41. The average Bonchev–Trinajstić information content (AvgIpc) is 2.00. The zero-order valence-corrected chi connectivity index (χ0v) is 6.46. The average molecular weight is 155 g/mol. The Morgan fingerprint density at radius 1 is 1.73 bits per heavy atom. The van der Waals surface area contributed by atoms with Gasteiger partial charge in [0.05, 0.1) is 6.61 Å². The number of carbonyl (C=O) groups is 1. The molecule has 0 spiro atoms. The molecule has 0 saturated carbocycles. The summed E-state index contributed by atoms with van der Waals surface area (Å²) in [6, 6.07) is 0. The van der Waals surface area contributed by atoms with Crippen LogP contribution in [0.4, 0.5) is 0 Å². The third-order valence-corrected chi connectivity index (χ3v) is 0.924. The van der Waals surface area contributed by atoms with E-state index >= 15 is 0 Å². The van der Waals surface area contributed by atoms with E-state index in [9.17, 15) is 9.59 Å². The third kappa shape index (κ3) is 3.33. The van der Waals surface area contributed by atoms with Gasteiger partial charge in [0.25, 0.3) is 0 Å². The van der Waals surface area contributed by atoms with Crippen molar-refractivity contribution in [2.45, 2.75) is 13.8 Å². The molecule has 0 rings (SSSR count). The molecule has 4 nitrogen and oxygen atoms in total. The number of hydrogen-bond donors (Lipinski definition) is 0. The van der Waals surface area contributed by atoms with Gasteiger partial charge in [0.1, 0.15) is 0 Å². The molecule has 0 aliphatic rings. The van der Waals surface area contributed by atoms with E-state index in [1.165, 1.54) is 12.2 Å². The lowest BCUT2D eigenvalue weighted by atomic mass is 10.4. The van der Waals surface area contributed by atoms with Crippen LogP contribution in [0.1, 0.15) is 13.8 Å². The Bertz CT molecular complexity index is 214. The Balaban J connectivity index is 4.28. The third-order valence-electron chi connectivity index (χ3n) is 0.924. The molecule has 0 aromatic heterocycles. The van der Waals surface area contributed by atoms with E-state index in [4.69, 9.17) is 0 Å². The molecule has 0 aliphatic heterocycles. The Labute approximate surface area is 64.6 Å². The summed E-state index contributed by atoms with van der Waals surface area (Å²) in [5.74, 6) is -0.599. The molecule has 0 saturated heterocycles. The number of allylic oxidation sites excluding steroid dienone is 1. The standard InChI is InChI=1S/C7H9NO3/c1-3-6(8-5-9)7(10)11-4-2/h3H,4H2,1-2H3. The Morgan fingerprint density at radius 2 is 2.36 bits per heavy atom. The van der Waals surface area contributed by atoms with Gasteiger partial charge >= 0.3 is 5.97 Å². The summed E-state index contributed by atoms with van der Waals surface area (Å²) in [6.45, 7) is 3.54. The number of hydrogen-bond acceptors (Lipinski definition) is 4. The lowest BCUT2D eigenvalue weighted by Gasteiger charge is -1.97. The molecule has 4 heteroatoms. The minimum Gasteiger partial charge on any atom is -0.461 e. The summed E-state index contributed by atoms with van der Waals surface area (Å²) in [5.41, 5.74) is -0.0122. The highest BCUT2D eigenvalue weighted by atomic mass is 16.5. The first kappa shape index (κ1) is 9.59. The van der Waals surface area contributed by atoms with Crippen molar-refractivity contribution in [2.24, 2.45) is 4.99 Å². The van der Waals surface area contributed by atoms with Crippen LogP contribution < -0.4 is 0 Å². The van der Waals surface area contributed by atoms with Crippen molar-refractivity contribution in [2.75, 3.05) is 6.61 Å².